The molecule has 0 bridgehead atoms. The van der Waals surface area contributed by atoms with Crippen LogP contribution in [-0.4, -0.2) is 45.6 Å². The second-order valence-corrected chi connectivity index (χ2v) is 5.82. The highest BCUT2D eigenvalue weighted by Crippen LogP contribution is 2.18. The van der Waals surface area contributed by atoms with E-state index in [0.717, 1.165) is 12.8 Å². The smallest absolute Gasteiger partial charge is 0.274 e. The lowest BCUT2D eigenvalue weighted by Gasteiger charge is -2.22. The summed E-state index contributed by atoms with van der Waals surface area (Å²) in [5.41, 5.74) is 0.779. The molecular weight excluding hydrogens is 280 g/mol. The number of hydrogen-bond acceptors (Lipinski definition) is 3. The molecule has 1 aliphatic rings. The van der Waals surface area contributed by atoms with Crippen molar-refractivity contribution in [3.05, 3.63) is 17.5 Å². The highest BCUT2D eigenvalue weighted by molar-refractivity contribution is 5.98. The van der Waals surface area contributed by atoms with Gasteiger partial charge in [-0.05, 0) is 26.7 Å². The van der Waals surface area contributed by atoms with Crippen LogP contribution in [0.15, 0.2) is 6.07 Å². The average Bonchev–Trinajstić information content (AvgIpc) is 2.91. The maximum atomic E-state index is 12.4. The molecule has 0 spiro atoms. The van der Waals surface area contributed by atoms with Gasteiger partial charge in [-0.1, -0.05) is 19.3 Å². The number of aromatic nitrogens is 2. The third kappa shape index (κ3) is 3.67. The van der Waals surface area contributed by atoms with Crippen molar-refractivity contribution in [3.63, 3.8) is 0 Å². The lowest BCUT2D eigenvalue weighted by molar-refractivity contribution is 0.0766. The Morgan fingerprint density at radius 3 is 2.50 bits per heavy atom. The normalized spacial score (nSPS) is 15.6. The zero-order valence-corrected chi connectivity index (χ0v) is 13.8. The molecule has 122 valence electrons. The molecule has 1 heterocycles. The van der Waals surface area contributed by atoms with Crippen LogP contribution in [0.5, 0.6) is 0 Å². The van der Waals surface area contributed by atoms with E-state index in [9.17, 15) is 9.59 Å². The number of carbonyl (C=O) groups is 2. The molecule has 1 saturated carbocycles. The minimum absolute atomic E-state index is 0.127. The standard InChI is InChI=1S/C16H26N4O2/c1-4-20(5-2)16(22)13-11-14(19(3)18-13)15(21)17-12-9-7-6-8-10-12/h11-12H,4-10H2,1-3H3,(H,17,21). The van der Waals surface area contributed by atoms with Crippen molar-refractivity contribution in [1.82, 2.24) is 20.0 Å². The van der Waals surface area contributed by atoms with Crippen molar-refractivity contribution in [2.75, 3.05) is 13.1 Å². The first-order chi connectivity index (χ1) is 10.6. The van der Waals surface area contributed by atoms with E-state index < -0.39 is 0 Å². The van der Waals surface area contributed by atoms with E-state index >= 15 is 0 Å². The van der Waals surface area contributed by atoms with Gasteiger partial charge in [-0.3, -0.25) is 14.3 Å². The van der Waals surface area contributed by atoms with E-state index in [2.05, 4.69) is 10.4 Å². The zero-order valence-electron chi connectivity index (χ0n) is 13.8. The molecule has 1 N–H and O–H groups in total. The van der Waals surface area contributed by atoms with Gasteiger partial charge in [-0.25, -0.2) is 0 Å². The van der Waals surface area contributed by atoms with E-state index in [1.165, 1.54) is 23.9 Å². The maximum absolute atomic E-state index is 12.4. The van der Waals surface area contributed by atoms with E-state index in [1.807, 2.05) is 13.8 Å². The predicted octanol–water partition coefficient (Wildman–Crippen LogP) is 1.96. The third-order valence-electron chi connectivity index (χ3n) is 4.32. The van der Waals surface area contributed by atoms with Gasteiger partial charge < -0.3 is 10.2 Å². The number of aryl methyl sites for hydroxylation is 1. The molecule has 1 aromatic rings. The van der Waals surface area contributed by atoms with Crippen molar-refractivity contribution in [3.8, 4) is 0 Å². The van der Waals surface area contributed by atoms with Crippen molar-refractivity contribution < 1.29 is 9.59 Å². The van der Waals surface area contributed by atoms with Gasteiger partial charge in [0.1, 0.15) is 5.69 Å². The van der Waals surface area contributed by atoms with Crippen molar-refractivity contribution >= 4 is 11.8 Å². The Morgan fingerprint density at radius 2 is 1.91 bits per heavy atom. The van der Waals surface area contributed by atoms with E-state index in [0.29, 0.717) is 24.5 Å². The summed E-state index contributed by atoms with van der Waals surface area (Å²) in [4.78, 5) is 26.4. The van der Waals surface area contributed by atoms with Crippen LogP contribution in [0.3, 0.4) is 0 Å². The summed E-state index contributed by atoms with van der Waals surface area (Å²) in [6.45, 7) is 5.13. The Morgan fingerprint density at radius 1 is 1.27 bits per heavy atom. The fourth-order valence-electron chi connectivity index (χ4n) is 2.96. The monoisotopic (exact) mass is 306 g/mol. The van der Waals surface area contributed by atoms with E-state index in [1.54, 1.807) is 18.0 Å². The van der Waals surface area contributed by atoms with Crippen LogP contribution in [-0.2, 0) is 7.05 Å². The van der Waals surface area contributed by atoms with Gasteiger partial charge in [0.25, 0.3) is 11.8 Å². The Kier molecular flexibility index (Phi) is 5.57. The summed E-state index contributed by atoms with van der Waals surface area (Å²) in [6, 6.07) is 1.84. The van der Waals surface area contributed by atoms with Crippen LogP contribution < -0.4 is 5.32 Å². The summed E-state index contributed by atoms with van der Waals surface area (Å²) >= 11 is 0. The second kappa shape index (κ2) is 7.42. The Balaban J connectivity index is 2.08. The zero-order chi connectivity index (χ0) is 16.1. The predicted molar refractivity (Wildman–Crippen MR) is 84.8 cm³/mol. The van der Waals surface area contributed by atoms with Crippen molar-refractivity contribution in [1.29, 1.82) is 0 Å². The van der Waals surface area contributed by atoms with Gasteiger partial charge in [0, 0.05) is 32.2 Å². The van der Waals surface area contributed by atoms with Gasteiger partial charge in [-0.2, -0.15) is 5.10 Å². The first-order valence-electron chi connectivity index (χ1n) is 8.21. The SMILES string of the molecule is CCN(CC)C(=O)c1cc(C(=O)NC2CCCCC2)n(C)n1. The molecule has 0 atom stereocenters. The van der Waals surface area contributed by atoms with Gasteiger partial charge >= 0.3 is 0 Å². The van der Waals surface area contributed by atoms with E-state index in [4.69, 9.17) is 0 Å². The van der Waals surface area contributed by atoms with Crippen LogP contribution in [0.1, 0.15) is 66.9 Å². The molecule has 6 heteroatoms. The maximum Gasteiger partial charge on any atom is 0.274 e. The summed E-state index contributed by atoms with van der Waals surface area (Å²) in [7, 11) is 1.70. The minimum Gasteiger partial charge on any atom is -0.348 e. The summed E-state index contributed by atoms with van der Waals surface area (Å²) in [5, 5.41) is 7.27. The Labute approximate surface area is 131 Å². The second-order valence-electron chi connectivity index (χ2n) is 5.82. The largest absolute Gasteiger partial charge is 0.348 e. The number of carbonyl (C=O) groups excluding carboxylic acids is 2. The molecule has 1 fully saturated rings. The third-order valence-corrected chi connectivity index (χ3v) is 4.32. The van der Waals surface area contributed by atoms with E-state index in [-0.39, 0.29) is 17.9 Å². The fraction of sp³-hybridized carbons (Fsp3) is 0.688. The van der Waals surface area contributed by atoms with Crippen LogP contribution in [0.25, 0.3) is 0 Å². The topological polar surface area (TPSA) is 67.2 Å². The lowest BCUT2D eigenvalue weighted by atomic mass is 9.95. The number of nitrogens with zero attached hydrogens (tertiary/aromatic N) is 3. The quantitative estimate of drug-likeness (QED) is 0.904. The molecule has 2 rings (SSSR count). The first kappa shape index (κ1) is 16.5. The minimum atomic E-state index is -0.138. The molecular formula is C16H26N4O2. The highest BCUT2D eigenvalue weighted by atomic mass is 16.2. The fourth-order valence-corrected chi connectivity index (χ4v) is 2.96. The van der Waals surface area contributed by atoms with Crippen molar-refractivity contribution in [2.24, 2.45) is 7.05 Å². The number of amides is 2. The highest BCUT2D eigenvalue weighted by Gasteiger charge is 2.22. The molecule has 0 radical (unpaired) electrons. The number of rotatable bonds is 5. The van der Waals surface area contributed by atoms with Gasteiger partial charge in [0.15, 0.2) is 5.69 Å². The van der Waals surface area contributed by atoms with Crippen molar-refractivity contribution in [2.45, 2.75) is 52.0 Å². The Hall–Kier alpha value is -1.85. The van der Waals surface area contributed by atoms with Gasteiger partial charge in [0.05, 0.1) is 0 Å². The Bertz CT molecular complexity index is 528. The lowest BCUT2D eigenvalue weighted by Crippen LogP contribution is -2.37. The molecule has 0 aliphatic heterocycles. The first-order valence-corrected chi connectivity index (χ1v) is 8.21. The van der Waals surface area contributed by atoms with Crippen LogP contribution >= 0.6 is 0 Å². The molecule has 1 aliphatic carbocycles. The van der Waals surface area contributed by atoms with Crippen LogP contribution in [0.4, 0.5) is 0 Å². The molecule has 0 unspecified atom stereocenters. The van der Waals surface area contributed by atoms with Crippen LogP contribution in [0.2, 0.25) is 0 Å². The molecule has 22 heavy (non-hydrogen) atoms. The molecule has 0 saturated heterocycles. The average molecular weight is 306 g/mol. The molecule has 6 nitrogen and oxygen atoms in total. The number of hydrogen-bond donors (Lipinski definition) is 1. The summed E-state index contributed by atoms with van der Waals surface area (Å²) < 4.78 is 1.49. The summed E-state index contributed by atoms with van der Waals surface area (Å²) in [5.74, 6) is -0.266. The van der Waals surface area contributed by atoms with Gasteiger partial charge in [0.2, 0.25) is 0 Å². The number of nitrogens with one attached hydrogen (secondary N) is 1. The molecule has 0 aromatic carbocycles. The van der Waals surface area contributed by atoms with Crippen LogP contribution in [0, 0.1) is 0 Å². The molecule has 1 aromatic heterocycles. The van der Waals surface area contributed by atoms with Gasteiger partial charge in [-0.15, -0.1) is 0 Å². The molecule has 2 amide bonds. The summed E-state index contributed by atoms with van der Waals surface area (Å²) in [6.07, 6.45) is 5.66.